The molecule has 0 bridgehead atoms. The summed E-state index contributed by atoms with van der Waals surface area (Å²) in [5, 5.41) is 4.44. The Kier molecular flexibility index (Phi) is 9.93. The van der Waals surface area contributed by atoms with Gasteiger partial charge in [0.1, 0.15) is 33.0 Å². The molecule has 1 amide bonds. The molecule has 1 N–H and O–H groups in total. The Hall–Kier alpha value is -3.15. The minimum atomic E-state index is -0.388. The van der Waals surface area contributed by atoms with Gasteiger partial charge in [0.2, 0.25) is 5.91 Å². The van der Waals surface area contributed by atoms with Gasteiger partial charge in [0, 0.05) is 37.7 Å². The average Bonchev–Trinajstić information content (AvgIpc) is 3.48. The molecule has 0 unspecified atom stereocenters. The molecule has 11 nitrogen and oxygen atoms in total. The third-order valence-electron chi connectivity index (χ3n) is 8.31. The number of halogens is 2. The van der Waals surface area contributed by atoms with Crippen molar-refractivity contribution >= 4 is 46.1 Å². The van der Waals surface area contributed by atoms with Crippen LogP contribution < -0.4 is 25.0 Å². The second kappa shape index (κ2) is 13.7. The van der Waals surface area contributed by atoms with Gasteiger partial charge >= 0.3 is 11.6 Å². The number of benzene rings is 1. The highest BCUT2D eigenvalue weighted by Crippen LogP contribution is 2.42. The lowest BCUT2D eigenvalue weighted by Crippen LogP contribution is -2.58. The molecule has 0 spiro atoms. The van der Waals surface area contributed by atoms with Crippen LogP contribution >= 0.6 is 23.2 Å². The third-order valence-corrected chi connectivity index (χ3v) is 9.04. The molecule has 2 fully saturated rings. The van der Waals surface area contributed by atoms with Gasteiger partial charge in [-0.05, 0) is 39.9 Å². The molecular weight excluding hydrogens is 593 g/mol. The molecule has 13 heteroatoms. The largest absolute Gasteiger partial charge is 0.495 e. The quantitative estimate of drug-likeness (QED) is 0.331. The summed E-state index contributed by atoms with van der Waals surface area (Å²) in [5.41, 5.74) is 0.337. The van der Waals surface area contributed by atoms with E-state index in [1.54, 1.807) is 23.0 Å². The van der Waals surface area contributed by atoms with Crippen LogP contribution in [0, 0.1) is 0 Å². The molecule has 43 heavy (non-hydrogen) atoms. The summed E-state index contributed by atoms with van der Waals surface area (Å²) in [6.45, 7) is 1.80. The molecule has 2 aliphatic rings. The lowest BCUT2D eigenvalue weighted by atomic mass is 9.96. The smallest absolute Gasteiger partial charge is 0.448 e. The van der Waals surface area contributed by atoms with Gasteiger partial charge in [0.25, 0.3) is 5.65 Å². The van der Waals surface area contributed by atoms with Gasteiger partial charge < -0.3 is 24.6 Å². The number of anilines is 1. The van der Waals surface area contributed by atoms with Crippen LogP contribution in [0.3, 0.4) is 0 Å². The number of carbonyl (C=O) groups excluding carboxylic acids is 1. The van der Waals surface area contributed by atoms with E-state index in [9.17, 15) is 9.59 Å². The molecule has 5 rings (SSSR count). The summed E-state index contributed by atoms with van der Waals surface area (Å²) in [7, 11) is 6.96. The van der Waals surface area contributed by atoms with Crippen molar-refractivity contribution in [3.8, 4) is 17.2 Å². The molecule has 1 saturated heterocycles. The summed E-state index contributed by atoms with van der Waals surface area (Å²) < 4.78 is 14.0. The Labute approximate surface area is 261 Å². The Bertz CT molecular complexity index is 1510. The van der Waals surface area contributed by atoms with E-state index in [0.29, 0.717) is 60.5 Å². The van der Waals surface area contributed by atoms with E-state index >= 15 is 0 Å². The van der Waals surface area contributed by atoms with Crippen molar-refractivity contribution in [2.75, 3.05) is 53.3 Å². The van der Waals surface area contributed by atoms with Gasteiger partial charge in [-0.15, -0.1) is 0 Å². The number of carbonyl (C=O) groups is 1. The van der Waals surface area contributed by atoms with Crippen molar-refractivity contribution in [3.63, 3.8) is 0 Å². The lowest BCUT2D eigenvalue weighted by Gasteiger charge is -2.22. The fourth-order valence-corrected chi connectivity index (χ4v) is 6.71. The summed E-state index contributed by atoms with van der Waals surface area (Å²) in [6, 6.07) is 1.57. The van der Waals surface area contributed by atoms with Crippen molar-refractivity contribution in [3.05, 3.63) is 39.0 Å². The molecule has 1 aliphatic heterocycles. The molecule has 1 atom stereocenters. The maximum Gasteiger partial charge on any atom is 0.448 e. The zero-order valence-corrected chi connectivity index (χ0v) is 26.7. The molecule has 1 aliphatic carbocycles. The van der Waals surface area contributed by atoms with Crippen LogP contribution in [0.4, 0.5) is 5.95 Å². The van der Waals surface area contributed by atoms with E-state index < -0.39 is 0 Å². The van der Waals surface area contributed by atoms with Crippen LogP contribution in [0.1, 0.15) is 57.4 Å². The molecule has 2 aromatic heterocycles. The van der Waals surface area contributed by atoms with Crippen LogP contribution in [0.5, 0.6) is 11.5 Å². The van der Waals surface area contributed by atoms with Gasteiger partial charge in [-0.2, -0.15) is 9.13 Å². The summed E-state index contributed by atoms with van der Waals surface area (Å²) in [4.78, 5) is 40.9. The lowest BCUT2D eigenvalue weighted by molar-refractivity contribution is -0.714. The Morgan fingerprint density at radius 1 is 1.12 bits per heavy atom. The predicted octanol–water partition coefficient (Wildman–Crippen LogP) is 4.25. The Morgan fingerprint density at radius 3 is 2.47 bits per heavy atom. The monoisotopic (exact) mass is 632 g/mol. The van der Waals surface area contributed by atoms with Crippen LogP contribution in [0.25, 0.3) is 16.7 Å². The van der Waals surface area contributed by atoms with Crippen LogP contribution in [0.2, 0.25) is 10.0 Å². The van der Waals surface area contributed by atoms with E-state index in [1.165, 1.54) is 38.0 Å². The van der Waals surface area contributed by atoms with Crippen LogP contribution in [-0.2, 0) is 4.79 Å². The van der Waals surface area contributed by atoms with Gasteiger partial charge in [0.15, 0.2) is 5.69 Å². The topological polar surface area (TPSA) is 106 Å². The number of hydrogen-bond donors (Lipinski definition) is 1. The van der Waals surface area contributed by atoms with E-state index in [-0.39, 0.29) is 33.4 Å². The minimum Gasteiger partial charge on any atom is -0.495 e. The number of methoxy groups -OCH3 is 2. The molecule has 0 radical (unpaired) electrons. The standard InChI is InChI=1S/C30H39Cl2N7O4/c1-36(2)13-8-11-24(40)37-14-12-21(18-37)39-28-19(16-33-29(35-28)34-20-9-6-5-7-10-20)17-38(30(39)41)27-25(31)22(42-3)15-23(43-4)26(27)32/h15-17,20-21H,5-14,18H2,1-4H3/p+1/t21-/m0/s1. The fourth-order valence-electron chi connectivity index (χ4n) is 6.02. The summed E-state index contributed by atoms with van der Waals surface area (Å²) in [5.74, 6) is 1.20. The number of likely N-dealkylation sites (tertiary alicyclic amines) is 1. The molecule has 1 saturated carbocycles. The summed E-state index contributed by atoms with van der Waals surface area (Å²) >= 11 is 13.5. The van der Waals surface area contributed by atoms with Crippen molar-refractivity contribution in [1.29, 1.82) is 0 Å². The average molecular weight is 634 g/mol. The first-order chi connectivity index (χ1) is 20.7. The number of aromatic nitrogens is 4. The SMILES string of the molecule is COc1cc(OC)c(Cl)c(-n2cc3cnc(NC4CCCCC4)nc3[n+]([C@H]3CCN(C(=O)CCCN(C)C)C3)c2=O)c1Cl. The minimum absolute atomic E-state index is 0.0865. The molecule has 232 valence electrons. The fraction of sp³-hybridized carbons (Fsp3) is 0.567. The van der Waals surface area contributed by atoms with E-state index in [0.717, 1.165) is 25.8 Å². The highest BCUT2D eigenvalue weighted by molar-refractivity contribution is 6.39. The Balaban J connectivity index is 1.60. The zero-order chi connectivity index (χ0) is 30.7. The molecule has 3 aromatic rings. The first-order valence-corrected chi connectivity index (χ1v) is 15.6. The number of rotatable bonds is 10. The number of hydrogen-bond acceptors (Lipinski definition) is 8. The van der Waals surface area contributed by atoms with Crippen molar-refractivity contribution in [1.82, 2.24) is 24.3 Å². The highest BCUT2D eigenvalue weighted by atomic mass is 35.5. The normalized spacial score (nSPS) is 17.6. The first-order valence-electron chi connectivity index (χ1n) is 14.8. The summed E-state index contributed by atoms with van der Waals surface area (Å²) in [6.07, 6.45) is 10.9. The second-order valence-electron chi connectivity index (χ2n) is 11.6. The van der Waals surface area contributed by atoms with Gasteiger partial charge in [-0.25, -0.2) is 9.78 Å². The van der Waals surface area contributed by atoms with Gasteiger partial charge in [0.05, 0.1) is 27.0 Å². The van der Waals surface area contributed by atoms with Crippen molar-refractivity contribution in [2.45, 2.75) is 63.5 Å². The number of fused-ring (bicyclic) bond motifs is 1. The molecular formula is C30H40Cl2N7O4+. The predicted molar refractivity (Wildman–Crippen MR) is 167 cm³/mol. The van der Waals surface area contributed by atoms with Gasteiger partial charge in [-0.3, -0.25) is 4.79 Å². The first kappa shape index (κ1) is 31.3. The Morgan fingerprint density at radius 2 is 1.81 bits per heavy atom. The van der Waals surface area contributed by atoms with Crippen LogP contribution in [-0.4, -0.2) is 84.2 Å². The van der Waals surface area contributed by atoms with E-state index in [1.807, 2.05) is 19.0 Å². The number of nitrogens with zero attached hydrogens (tertiary/aromatic N) is 6. The van der Waals surface area contributed by atoms with Crippen LogP contribution in [0.15, 0.2) is 23.3 Å². The second-order valence-corrected chi connectivity index (χ2v) is 12.3. The zero-order valence-electron chi connectivity index (χ0n) is 25.2. The number of amides is 1. The molecule has 3 heterocycles. The van der Waals surface area contributed by atoms with Crippen molar-refractivity contribution < 1.29 is 18.8 Å². The third kappa shape index (κ3) is 6.68. The number of nitrogens with one attached hydrogen (secondary N) is 1. The molecule has 1 aromatic carbocycles. The van der Waals surface area contributed by atoms with E-state index in [4.69, 9.17) is 37.7 Å². The van der Waals surface area contributed by atoms with E-state index in [2.05, 4.69) is 15.2 Å². The van der Waals surface area contributed by atoms with Crippen molar-refractivity contribution in [2.24, 2.45) is 0 Å². The number of ether oxygens (including phenoxy) is 2. The maximum absolute atomic E-state index is 14.4. The maximum atomic E-state index is 14.4. The van der Waals surface area contributed by atoms with Gasteiger partial charge in [-0.1, -0.05) is 47.4 Å². The highest BCUT2D eigenvalue weighted by Gasteiger charge is 2.35.